The van der Waals surface area contributed by atoms with E-state index >= 15 is 0 Å². The summed E-state index contributed by atoms with van der Waals surface area (Å²) in [6, 6.07) is 9.48. The fraction of sp³-hybridized carbons (Fsp3) is 0.286. The lowest BCUT2D eigenvalue weighted by Gasteiger charge is -2.16. The van der Waals surface area contributed by atoms with E-state index in [1.165, 1.54) is 25.3 Å². The van der Waals surface area contributed by atoms with Gasteiger partial charge in [0.15, 0.2) is 0 Å². The Morgan fingerprint density at radius 1 is 0.946 bits per heavy atom. The maximum atomic E-state index is 13.6. The van der Waals surface area contributed by atoms with Crippen LogP contribution >= 0.6 is 0 Å². The number of nitrogens with zero attached hydrogens (tertiary/aromatic N) is 3. The lowest BCUT2D eigenvalue weighted by Crippen LogP contribution is -2.21. The van der Waals surface area contributed by atoms with Gasteiger partial charge in [-0.25, -0.2) is 31.5 Å². The second-order valence-corrected chi connectivity index (χ2v) is 11.6. The summed E-state index contributed by atoms with van der Waals surface area (Å²) in [5, 5.41) is 5.39. The Morgan fingerprint density at radius 3 is 2.27 bits per heavy atom. The van der Waals surface area contributed by atoms with E-state index in [4.69, 9.17) is 0 Å². The predicted octanol–water partition coefficient (Wildman–Crippen LogP) is 3.06. The van der Waals surface area contributed by atoms with Crippen LogP contribution in [-0.4, -0.2) is 43.8 Å². The summed E-state index contributed by atoms with van der Waals surface area (Å²) in [6.07, 6.45) is -1.73. The molecule has 0 unspecified atom stereocenters. The second kappa shape index (κ2) is 11.3. The molecule has 3 aromatic rings. The van der Waals surface area contributed by atoms with Gasteiger partial charge >= 0.3 is 6.18 Å². The molecule has 0 amide bonds. The molecule has 4 N–H and O–H groups in total. The Morgan fingerprint density at radius 2 is 1.65 bits per heavy atom. The van der Waals surface area contributed by atoms with E-state index in [1.54, 1.807) is 24.3 Å². The van der Waals surface area contributed by atoms with E-state index < -0.39 is 37.6 Å². The van der Waals surface area contributed by atoms with Gasteiger partial charge in [0.05, 0.1) is 12.0 Å². The SMILES string of the molecule is CCS(=O)(=O)Nc1ncccc1CNc1nc(Nc2ccc(CNS(C)(=O)=O)cc2)ncc1C(F)(F)F. The van der Waals surface area contributed by atoms with Crippen LogP contribution in [-0.2, 0) is 39.3 Å². The number of rotatable bonds is 11. The van der Waals surface area contributed by atoms with Crippen LogP contribution in [0.15, 0.2) is 48.8 Å². The van der Waals surface area contributed by atoms with Crippen molar-refractivity contribution >= 4 is 43.3 Å². The first kappa shape index (κ1) is 28.1. The van der Waals surface area contributed by atoms with Gasteiger partial charge in [0.2, 0.25) is 26.0 Å². The topological polar surface area (TPSA) is 155 Å². The first-order chi connectivity index (χ1) is 17.3. The minimum absolute atomic E-state index is 0.0109. The number of aromatic nitrogens is 3. The Labute approximate surface area is 212 Å². The van der Waals surface area contributed by atoms with Crippen LogP contribution in [0.3, 0.4) is 0 Å². The third kappa shape index (κ3) is 8.54. The predicted molar refractivity (Wildman–Crippen MR) is 133 cm³/mol. The highest BCUT2D eigenvalue weighted by Crippen LogP contribution is 2.34. The Bertz CT molecular complexity index is 1450. The van der Waals surface area contributed by atoms with Crippen molar-refractivity contribution in [3.63, 3.8) is 0 Å². The third-order valence-corrected chi connectivity index (χ3v) is 6.75. The Kier molecular flexibility index (Phi) is 8.55. The van der Waals surface area contributed by atoms with Crippen LogP contribution in [0.25, 0.3) is 0 Å². The second-order valence-electron chi connectivity index (χ2n) is 7.74. The number of hydrogen-bond acceptors (Lipinski definition) is 9. The number of pyridine rings is 1. The molecule has 0 saturated heterocycles. The number of sulfonamides is 2. The fourth-order valence-corrected chi connectivity index (χ4v) is 3.96. The highest BCUT2D eigenvalue weighted by molar-refractivity contribution is 7.92. The molecule has 0 radical (unpaired) electrons. The highest BCUT2D eigenvalue weighted by Gasteiger charge is 2.35. The van der Waals surface area contributed by atoms with E-state index in [-0.39, 0.29) is 30.6 Å². The van der Waals surface area contributed by atoms with Crippen molar-refractivity contribution in [3.8, 4) is 0 Å². The molecule has 200 valence electrons. The van der Waals surface area contributed by atoms with Crippen LogP contribution in [0.1, 0.15) is 23.6 Å². The van der Waals surface area contributed by atoms with Crippen molar-refractivity contribution in [2.24, 2.45) is 0 Å². The van der Waals surface area contributed by atoms with Gasteiger partial charge in [-0.3, -0.25) is 4.72 Å². The molecule has 37 heavy (non-hydrogen) atoms. The fourth-order valence-electron chi connectivity index (χ4n) is 2.91. The van der Waals surface area contributed by atoms with E-state index in [0.29, 0.717) is 23.0 Å². The van der Waals surface area contributed by atoms with Crippen molar-refractivity contribution in [2.75, 3.05) is 27.4 Å². The van der Waals surface area contributed by atoms with Crippen molar-refractivity contribution < 1.29 is 30.0 Å². The average molecular weight is 560 g/mol. The summed E-state index contributed by atoms with van der Waals surface area (Å²) in [6.45, 7) is 1.31. The van der Waals surface area contributed by atoms with Crippen LogP contribution in [0.2, 0.25) is 0 Å². The molecule has 0 aliphatic heterocycles. The van der Waals surface area contributed by atoms with Gasteiger partial charge < -0.3 is 10.6 Å². The van der Waals surface area contributed by atoms with Crippen LogP contribution < -0.4 is 20.1 Å². The number of alkyl halides is 3. The minimum Gasteiger partial charge on any atom is -0.365 e. The van der Waals surface area contributed by atoms with Crippen molar-refractivity contribution in [1.29, 1.82) is 0 Å². The van der Waals surface area contributed by atoms with Gasteiger partial charge in [-0.15, -0.1) is 0 Å². The van der Waals surface area contributed by atoms with Crippen LogP contribution in [0.4, 0.5) is 36.4 Å². The maximum Gasteiger partial charge on any atom is 0.421 e. The summed E-state index contributed by atoms with van der Waals surface area (Å²) in [5.41, 5.74) is 0.314. The smallest absolute Gasteiger partial charge is 0.365 e. The number of benzene rings is 1. The molecule has 0 fully saturated rings. The van der Waals surface area contributed by atoms with Gasteiger partial charge in [-0.1, -0.05) is 18.2 Å². The van der Waals surface area contributed by atoms with E-state index in [2.05, 4.69) is 35.0 Å². The van der Waals surface area contributed by atoms with E-state index in [9.17, 15) is 30.0 Å². The van der Waals surface area contributed by atoms with Crippen molar-refractivity contribution in [1.82, 2.24) is 19.7 Å². The van der Waals surface area contributed by atoms with E-state index in [1.807, 2.05) is 0 Å². The van der Waals surface area contributed by atoms with Crippen LogP contribution in [0, 0.1) is 0 Å². The molecule has 0 aliphatic rings. The number of halogens is 3. The van der Waals surface area contributed by atoms with Gasteiger partial charge in [0, 0.05) is 36.7 Å². The van der Waals surface area contributed by atoms with Crippen molar-refractivity contribution in [2.45, 2.75) is 26.2 Å². The monoisotopic (exact) mass is 559 g/mol. The number of hydrogen-bond donors (Lipinski definition) is 4. The summed E-state index contributed by atoms with van der Waals surface area (Å²) in [7, 11) is -7.02. The third-order valence-electron chi connectivity index (χ3n) is 4.81. The summed E-state index contributed by atoms with van der Waals surface area (Å²) in [5.74, 6) is -0.865. The Balaban J connectivity index is 1.80. The average Bonchev–Trinajstić information content (AvgIpc) is 2.82. The molecule has 0 saturated carbocycles. The van der Waals surface area contributed by atoms with Gasteiger partial charge in [-0.05, 0) is 30.7 Å². The molecule has 2 aromatic heterocycles. The number of anilines is 4. The molecule has 3 rings (SSSR count). The van der Waals surface area contributed by atoms with E-state index in [0.717, 1.165) is 6.26 Å². The normalized spacial score (nSPS) is 12.2. The molecule has 0 atom stereocenters. The zero-order chi connectivity index (χ0) is 27.3. The summed E-state index contributed by atoms with van der Waals surface area (Å²) >= 11 is 0. The zero-order valence-electron chi connectivity index (χ0n) is 19.7. The van der Waals surface area contributed by atoms with Crippen LogP contribution in [0.5, 0.6) is 0 Å². The summed E-state index contributed by atoms with van der Waals surface area (Å²) < 4.78 is 91.7. The molecule has 0 bridgehead atoms. The van der Waals surface area contributed by atoms with Gasteiger partial charge in [0.1, 0.15) is 17.2 Å². The number of nitrogens with one attached hydrogen (secondary N) is 4. The molecule has 0 aliphatic carbocycles. The molecule has 0 spiro atoms. The lowest BCUT2D eigenvalue weighted by atomic mass is 10.2. The zero-order valence-corrected chi connectivity index (χ0v) is 21.3. The molecule has 16 heteroatoms. The maximum absolute atomic E-state index is 13.6. The lowest BCUT2D eigenvalue weighted by molar-refractivity contribution is -0.137. The molecular formula is C21H24F3N7O4S2. The van der Waals surface area contributed by atoms with Gasteiger partial charge in [-0.2, -0.15) is 18.2 Å². The molecule has 11 nitrogen and oxygen atoms in total. The largest absolute Gasteiger partial charge is 0.421 e. The first-order valence-electron chi connectivity index (χ1n) is 10.7. The first-order valence-corrected chi connectivity index (χ1v) is 14.2. The highest BCUT2D eigenvalue weighted by atomic mass is 32.2. The standard InChI is InChI=1S/C21H24F3N7O4S2/c1-3-37(34,35)31-18-15(5-4-10-25-18)12-26-19-17(21(22,23)24)13-27-20(30-19)29-16-8-6-14(7-9-16)11-28-36(2,32)33/h4-10,13,28H,3,11-12H2,1-2H3,(H,25,31)(H2,26,27,29,30). The summed E-state index contributed by atoms with van der Waals surface area (Å²) in [4.78, 5) is 11.7. The quantitative estimate of drug-likeness (QED) is 0.277. The molecule has 2 heterocycles. The minimum atomic E-state index is -4.75. The molecular weight excluding hydrogens is 535 g/mol. The molecule has 1 aromatic carbocycles. The van der Waals surface area contributed by atoms with Gasteiger partial charge in [0.25, 0.3) is 0 Å². The van der Waals surface area contributed by atoms with Crippen molar-refractivity contribution in [3.05, 3.63) is 65.5 Å². The Hall–Kier alpha value is -3.50.